The smallest absolute Gasteiger partial charge is 0.222 e. The molecule has 0 aromatic heterocycles. The topological polar surface area (TPSA) is 284 Å². The highest BCUT2D eigenvalue weighted by molar-refractivity contribution is 5.80. The summed E-state index contributed by atoms with van der Waals surface area (Å²) in [7, 11) is 0. The molecule has 19 heteroatoms. The number of hydrogen-bond acceptors (Lipinski definition) is 15. The lowest BCUT2D eigenvalue weighted by Gasteiger charge is -2.34. The lowest BCUT2D eigenvalue weighted by molar-refractivity contribution is -0.132. The van der Waals surface area contributed by atoms with E-state index in [0.29, 0.717) is 161 Å². The third-order valence-corrected chi connectivity index (χ3v) is 13.3. The maximum absolute atomic E-state index is 13.7. The van der Waals surface area contributed by atoms with E-state index in [9.17, 15) is 43.5 Å². The molecular weight excluding hydrogens is 969 g/mol. The van der Waals surface area contributed by atoms with Gasteiger partial charge in [0.05, 0.1) is 45.7 Å². The number of likely N-dealkylation sites (tertiary alicyclic amines) is 1. The average Bonchev–Trinajstić information content (AvgIpc) is 3.73. The molecule has 75 heavy (non-hydrogen) atoms. The van der Waals surface area contributed by atoms with Gasteiger partial charge in [-0.1, -0.05) is 32.1 Å². The highest BCUT2D eigenvalue weighted by Crippen LogP contribution is 2.20. The molecule has 0 aliphatic carbocycles. The van der Waals surface area contributed by atoms with E-state index in [1.165, 1.54) is 0 Å². The largest absolute Gasteiger partial charge is 0.396 e. The van der Waals surface area contributed by atoms with Gasteiger partial charge in [0, 0.05) is 123 Å². The summed E-state index contributed by atoms with van der Waals surface area (Å²) in [5.74, 6) is -0.209. The van der Waals surface area contributed by atoms with Crippen LogP contribution in [0.1, 0.15) is 212 Å². The van der Waals surface area contributed by atoms with Crippen LogP contribution in [0.4, 0.5) is 0 Å². The number of nitrogens with zero attached hydrogens (tertiary/aromatic N) is 1. The number of hydrogen-bond donors (Lipinski definition) is 7. The van der Waals surface area contributed by atoms with Gasteiger partial charge in [0.25, 0.3) is 0 Å². The number of nitrogens with one attached hydrogen (secondary N) is 3. The fourth-order valence-corrected chi connectivity index (χ4v) is 8.81. The first-order valence-electron chi connectivity index (χ1n) is 28.7. The van der Waals surface area contributed by atoms with Crippen molar-refractivity contribution in [1.82, 2.24) is 20.9 Å². The predicted molar refractivity (Wildman–Crippen MR) is 286 cm³/mol. The summed E-state index contributed by atoms with van der Waals surface area (Å²) in [5.41, 5.74) is -1.24. The van der Waals surface area contributed by atoms with Gasteiger partial charge in [0.2, 0.25) is 23.6 Å². The van der Waals surface area contributed by atoms with Crippen molar-refractivity contribution in [1.29, 1.82) is 0 Å². The molecule has 0 aromatic carbocycles. The van der Waals surface area contributed by atoms with Crippen LogP contribution >= 0.6 is 0 Å². The zero-order chi connectivity index (χ0) is 55.2. The van der Waals surface area contributed by atoms with Crippen LogP contribution in [0.2, 0.25) is 0 Å². The van der Waals surface area contributed by atoms with Gasteiger partial charge in [-0.2, -0.15) is 0 Å². The number of Topliss-reactive ketones (excluding diaryl/α,β-unsaturated/α-hetero) is 4. The highest BCUT2D eigenvalue weighted by Gasteiger charge is 2.34. The third kappa shape index (κ3) is 39.3. The van der Waals surface area contributed by atoms with Crippen molar-refractivity contribution in [3.63, 3.8) is 0 Å². The Morgan fingerprint density at radius 2 is 0.787 bits per heavy atom. The van der Waals surface area contributed by atoms with E-state index in [2.05, 4.69) is 16.0 Å². The molecule has 1 saturated heterocycles. The fourth-order valence-electron chi connectivity index (χ4n) is 8.81. The zero-order valence-corrected chi connectivity index (χ0v) is 46.0. The van der Waals surface area contributed by atoms with Crippen molar-refractivity contribution in [2.24, 2.45) is 0 Å². The maximum atomic E-state index is 13.7. The Bertz CT molecular complexity index is 1460. The fraction of sp³-hybridized carbons (Fsp3) is 0.857. The van der Waals surface area contributed by atoms with Crippen molar-refractivity contribution in [2.45, 2.75) is 230 Å². The quantitative estimate of drug-likeness (QED) is 0.0373. The predicted octanol–water partition coefficient (Wildman–Crippen LogP) is 5.45. The van der Waals surface area contributed by atoms with Crippen LogP contribution in [0.3, 0.4) is 0 Å². The SMILES string of the molecule is C[C@@H]1C[C@@H](O)CN1C(=O)CCCCCCCCC(=O)NC(COCCC(=O)CCCCCC(=O)CCCCO)(COCCC(=O)CCCCNC(=O)CCCCO)COCCC(=O)NCCCCC(=O)CCCCO. The molecule has 1 heterocycles. The summed E-state index contributed by atoms with van der Waals surface area (Å²) in [6.07, 6.45) is 17.0. The van der Waals surface area contributed by atoms with Gasteiger partial charge in [-0.05, 0) is 103 Å². The number of carbonyl (C=O) groups excluding carboxylic acids is 8. The third-order valence-electron chi connectivity index (χ3n) is 13.3. The summed E-state index contributed by atoms with van der Waals surface area (Å²) >= 11 is 0. The second-order valence-electron chi connectivity index (χ2n) is 20.5. The first-order valence-corrected chi connectivity index (χ1v) is 28.7. The van der Waals surface area contributed by atoms with E-state index in [-0.39, 0.29) is 138 Å². The minimum Gasteiger partial charge on any atom is -0.396 e. The van der Waals surface area contributed by atoms with E-state index < -0.39 is 11.6 Å². The first kappa shape index (κ1) is 69.3. The van der Waals surface area contributed by atoms with Crippen LogP contribution in [0.5, 0.6) is 0 Å². The molecule has 1 aliphatic rings. The van der Waals surface area contributed by atoms with Crippen LogP contribution in [0, 0.1) is 0 Å². The number of β-amino-alcohol motifs (C(OH)–C–C–N with tert-alkyl or cyclic N) is 1. The first-order chi connectivity index (χ1) is 36.2. The molecule has 0 radical (unpaired) electrons. The Morgan fingerprint density at radius 3 is 1.24 bits per heavy atom. The Hall–Kier alpha value is -3.72. The van der Waals surface area contributed by atoms with Crippen molar-refractivity contribution in [2.75, 3.05) is 79.1 Å². The highest BCUT2D eigenvalue weighted by atomic mass is 16.5. The molecule has 0 bridgehead atoms. The molecule has 1 aliphatic heterocycles. The zero-order valence-electron chi connectivity index (χ0n) is 46.0. The van der Waals surface area contributed by atoms with Crippen LogP contribution in [0.25, 0.3) is 0 Å². The molecular formula is C56H100N4O15. The molecule has 1 unspecified atom stereocenters. The molecule has 4 amide bonds. The van der Waals surface area contributed by atoms with Crippen molar-refractivity contribution in [3.8, 4) is 0 Å². The summed E-state index contributed by atoms with van der Waals surface area (Å²) in [6, 6.07) is 0.0512. The second kappa shape index (κ2) is 46.4. The molecule has 0 spiro atoms. The molecule has 434 valence electrons. The normalized spacial score (nSPS) is 15.1. The average molecular weight is 1070 g/mol. The van der Waals surface area contributed by atoms with E-state index in [0.717, 1.165) is 38.5 Å². The van der Waals surface area contributed by atoms with Crippen LogP contribution < -0.4 is 16.0 Å². The summed E-state index contributed by atoms with van der Waals surface area (Å²) < 4.78 is 18.2. The van der Waals surface area contributed by atoms with E-state index in [1.807, 2.05) is 6.92 Å². The minimum absolute atomic E-state index is 0.00800. The Labute approximate surface area is 448 Å². The Kier molecular flexibility index (Phi) is 42.9. The number of aliphatic hydroxyl groups is 4. The maximum Gasteiger partial charge on any atom is 0.222 e. The molecule has 7 N–H and O–H groups in total. The molecule has 19 nitrogen and oxygen atoms in total. The van der Waals surface area contributed by atoms with Gasteiger partial charge in [0.15, 0.2) is 0 Å². The van der Waals surface area contributed by atoms with Crippen molar-refractivity contribution in [3.05, 3.63) is 0 Å². The van der Waals surface area contributed by atoms with Gasteiger partial charge in [-0.25, -0.2) is 0 Å². The van der Waals surface area contributed by atoms with E-state index >= 15 is 0 Å². The number of carbonyl (C=O) groups is 8. The van der Waals surface area contributed by atoms with Gasteiger partial charge in [-0.3, -0.25) is 38.4 Å². The Morgan fingerprint density at radius 1 is 0.440 bits per heavy atom. The van der Waals surface area contributed by atoms with E-state index in [1.54, 1.807) is 4.90 Å². The van der Waals surface area contributed by atoms with E-state index in [4.69, 9.17) is 29.5 Å². The van der Waals surface area contributed by atoms with Gasteiger partial charge < -0.3 is 55.5 Å². The van der Waals surface area contributed by atoms with Gasteiger partial charge >= 0.3 is 0 Å². The van der Waals surface area contributed by atoms with Crippen molar-refractivity contribution >= 4 is 46.8 Å². The molecule has 1 rings (SSSR count). The number of ether oxygens (including phenoxy) is 3. The molecule has 3 atom stereocenters. The van der Waals surface area contributed by atoms with Crippen molar-refractivity contribution < 1.29 is 73.0 Å². The number of ketones is 4. The molecule has 0 aromatic rings. The standard InChI is InChI=1S/C56H100N4O15/c1-46-41-51(68)42-60(46)55(72)29-10-5-3-2-4-9-28-54(71)59-56(43-73-38-30-49(66)22-8-6-7-21-47(64)25-13-18-35-61,44-74-39-31-50(67)24-12-17-33-57-52(69)27-15-20-37-63)45-75-40-32-53(70)58-34-16-11-23-48(65)26-14-19-36-62/h46,51,61-63,68H,2-45H2,1H3,(H,57,69)(H,58,70)(H,59,71)/t46-,51-,56?/m1/s1. The van der Waals surface area contributed by atoms with Gasteiger partial charge in [0.1, 0.15) is 28.7 Å². The lowest BCUT2D eigenvalue weighted by atomic mass is 10.0. The lowest BCUT2D eigenvalue weighted by Crippen LogP contribution is -2.58. The molecule has 0 saturated carbocycles. The van der Waals surface area contributed by atoms with Crippen LogP contribution in [-0.4, -0.2) is 169 Å². The van der Waals surface area contributed by atoms with Crippen LogP contribution in [0.15, 0.2) is 0 Å². The number of rotatable bonds is 53. The summed E-state index contributed by atoms with van der Waals surface area (Å²) in [4.78, 5) is 103. The summed E-state index contributed by atoms with van der Waals surface area (Å²) in [5, 5.41) is 45.5. The Balaban J connectivity index is 2.89. The minimum atomic E-state index is -1.24. The monoisotopic (exact) mass is 1070 g/mol. The molecule has 1 fully saturated rings. The number of unbranched alkanes of at least 4 members (excludes halogenated alkanes) is 12. The van der Waals surface area contributed by atoms with Gasteiger partial charge in [-0.15, -0.1) is 0 Å². The summed E-state index contributed by atoms with van der Waals surface area (Å²) in [6.45, 7) is 3.29. The second-order valence-corrected chi connectivity index (χ2v) is 20.5. The van der Waals surface area contributed by atoms with Crippen LogP contribution in [-0.2, 0) is 52.6 Å². The number of amides is 4. The number of aliphatic hydroxyl groups excluding tert-OH is 4.